The van der Waals surface area contributed by atoms with Gasteiger partial charge in [-0.05, 0) is 33.7 Å². The van der Waals surface area contributed by atoms with Crippen molar-refractivity contribution in [3.63, 3.8) is 0 Å². The summed E-state index contributed by atoms with van der Waals surface area (Å²) in [7, 11) is -1.16. The average molecular weight is 293 g/mol. The summed E-state index contributed by atoms with van der Waals surface area (Å²) < 4.78 is 21.7. The molecule has 0 radical (unpaired) electrons. The molecule has 0 aromatic carbocycles. The second-order valence-corrected chi connectivity index (χ2v) is 6.57. The maximum absolute atomic E-state index is 10.9. The Kier molecular flexibility index (Phi) is 11.1. The zero-order chi connectivity index (χ0) is 14.6. The second kappa shape index (κ2) is 11.4. The van der Waals surface area contributed by atoms with Gasteiger partial charge >= 0.3 is 14.8 Å². The molecule has 19 heavy (non-hydrogen) atoms. The number of methoxy groups -OCH3 is 1. The molecule has 0 heterocycles. The van der Waals surface area contributed by atoms with E-state index in [4.69, 9.17) is 13.3 Å². The first kappa shape index (κ1) is 18.5. The first-order chi connectivity index (χ1) is 9.14. The number of carbonyl (C=O) groups is 1. The van der Waals surface area contributed by atoms with Crippen molar-refractivity contribution in [2.75, 3.05) is 40.0 Å². The van der Waals surface area contributed by atoms with Gasteiger partial charge in [0, 0.05) is 25.9 Å². The fraction of sp³-hybridized carbons (Fsp3) is 0.917. The van der Waals surface area contributed by atoms with Gasteiger partial charge in [0.15, 0.2) is 0 Å². The predicted octanol–water partition coefficient (Wildman–Crippen LogP) is 1.19. The Balaban J connectivity index is 4.06. The quantitative estimate of drug-likeness (QED) is 0.331. The Morgan fingerprint density at radius 2 is 1.58 bits per heavy atom. The Labute approximate surface area is 117 Å². The minimum absolute atomic E-state index is 0.225. The van der Waals surface area contributed by atoms with Crippen LogP contribution < -0.4 is 5.32 Å². The predicted molar refractivity (Wildman–Crippen MR) is 74.9 cm³/mol. The minimum atomic E-state index is -2.54. The van der Waals surface area contributed by atoms with E-state index >= 15 is 0 Å². The molecular weight excluding hydrogens is 266 g/mol. The highest BCUT2D eigenvalue weighted by atomic mass is 28.4. The van der Waals surface area contributed by atoms with Gasteiger partial charge in [-0.15, -0.1) is 0 Å². The molecule has 0 aromatic rings. The standard InChI is InChI=1S/C12H27NO5Si/c1-5-16-19(17-6-2,18-7-3)10-8-9-13-11-12(14)15-4/h13H,5-11H2,1-4H3. The molecule has 0 saturated heterocycles. The topological polar surface area (TPSA) is 66.0 Å². The molecule has 0 aliphatic heterocycles. The minimum Gasteiger partial charge on any atom is -0.468 e. The number of carbonyl (C=O) groups excluding carboxylic acids is 1. The lowest BCUT2D eigenvalue weighted by Gasteiger charge is -2.28. The van der Waals surface area contributed by atoms with Crippen LogP contribution in [-0.4, -0.2) is 54.8 Å². The molecule has 0 aromatic heterocycles. The van der Waals surface area contributed by atoms with Crippen LogP contribution >= 0.6 is 0 Å². The summed E-state index contributed by atoms with van der Waals surface area (Å²) in [5.74, 6) is -0.261. The molecule has 0 aliphatic rings. The van der Waals surface area contributed by atoms with Crippen LogP contribution in [0.2, 0.25) is 6.04 Å². The van der Waals surface area contributed by atoms with Gasteiger partial charge < -0.3 is 23.3 Å². The first-order valence-corrected chi connectivity index (χ1v) is 8.76. The lowest BCUT2D eigenvalue weighted by Crippen LogP contribution is -2.46. The summed E-state index contributed by atoms with van der Waals surface area (Å²) in [6.45, 7) is 8.51. The van der Waals surface area contributed by atoms with Crippen LogP contribution in [0.3, 0.4) is 0 Å². The van der Waals surface area contributed by atoms with E-state index in [-0.39, 0.29) is 12.5 Å². The highest BCUT2D eigenvalue weighted by Crippen LogP contribution is 2.17. The van der Waals surface area contributed by atoms with Crippen LogP contribution in [0.1, 0.15) is 27.2 Å². The van der Waals surface area contributed by atoms with Crippen molar-refractivity contribution < 1.29 is 22.8 Å². The Bertz CT molecular complexity index is 223. The summed E-state index contributed by atoms with van der Waals surface area (Å²) in [4.78, 5) is 10.9. The summed E-state index contributed by atoms with van der Waals surface area (Å²) in [5.41, 5.74) is 0. The normalized spacial score (nSPS) is 11.6. The van der Waals surface area contributed by atoms with E-state index in [1.54, 1.807) is 0 Å². The van der Waals surface area contributed by atoms with Gasteiger partial charge in [-0.25, -0.2) is 0 Å². The van der Waals surface area contributed by atoms with Gasteiger partial charge in [-0.2, -0.15) is 0 Å². The molecule has 0 amide bonds. The number of rotatable bonds is 12. The molecule has 0 fully saturated rings. The van der Waals surface area contributed by atoms with E-state index in [0.717, 1.165) is 12.5 Å². The van der Waals surface area contributed by atoms with Crippen molar-refractivity contribution in [2.45, 2.75) is 33.2 Å². The molecule has 1 N–H and O–H groups in total. The summed E-state index contributed by atoms with van der Waals surface area (Å²) in [6.07, 6.45) is 0.837. The fourth-order valence-electron chi connectivity index (χ4n) is 1.69. The van der Waals surface area contributed by atoms with Crippen LogP contribution in [0.15, 0.2) is 0 Å². The highest BCUT2D eigenvalue weighted by molar-refractivity contribution is 6.60. The van der Waals surface area contributed by atoms with Crippen LogP contribution in [-0.2, 0) is 22.8 Å². The smallest absolute Gasteiger partial charge is 0.468 e. The highest BCUT2D eigenvalue weighted by Gasteiger charge is 2.39. The third-order valence-electron chi connectivity index (χ3n) is 2.43. The first-order valence-electron chi connectivity index (χ1n) is 6.83. The summed E-state index contributed by atoms with van der Waals surface area (Å²) >= 11 is 0. The number of ether oxygens (including phenoxy) is 1. The molecule has 6 nitrogen and oxygen atoms in total. The van der Waals surface area contributed by atoms with E-state index in [1.165, 1.54) is 7.11 Å². The van der Waals surface area contributed by atoms with Gasteiger partial charge in [0.25, 0.3) is 0 Å². The second-order valence-electron chi connectivity index (χ2n) is 3.84. The largest absolute Gasteiger partial charge is 0.500 e. The van der Waals surface area contributed by atoms with Gasteiger partial charge in [-0.1, -0.05) is 0 Å². The van der Waals surface area contributed by atoms with Gasteiger partial charge in [0.2, 0.25) is 0 Å². The molecule has 0 bridgehead atoms. The maximum Gasteiger partial charge on any atom is 0.500 e. The van der Waals surface area contributed by atoms with E-state index < -0.39 is 8.80 Å². The van der Waals surface area contributed by atoms with Gasteiger partial charge in [0.05, 0.1) is 13.7 Å². The third kappa shape index (κ3) is 8.33. The Morgan fingerprint density at radius 1 is 1.05 bits per heavy atom. The van der Waals surface area contributed by atoms with Gasteiger partial charge in [0.1, 0.15) is 0 Å². The van der Waals surface area contributed by atoms with Crippen molar-refractivity contribution in [3.8, 4) is 0 Å². The van der Waals surface area contributed by atoms with Crippen molar-refractivity contribution in [2.24, 2.45) is 0 Å². The van der Waals surface area contributed by atoms with Crippen LogP contribution in [0.25, 0.3) is 0 Å². The van der Waals surface area contributed by atoms with Crippen molar-refractivity contribution in [3.05, 3.63) is 0 Å². The number of nitrogens with one attached hydrogen (secondary N) is 1. The molecule has 7 heteroatoms. The summed E-state index contributed by atoms with van der Waals surface area (Å²) in [5, 5.41) is 3.02. The Hall–Kier alpha value is -0.473. The fourth-order valence-corrected chi connectivity index (χ4v) is 4.31. The number of hydrogen-bond acceptors (Lipinski definition) is 6. The molecule has 0 atom stereocenters. The molecule has 0 rings (SSSR count). The average Bonchev–Trinajstić information content (AvgIpc) is 2.39. The zero-order valence-electron chi connectivity index (χ0n) is 12.5. The monoisotopic (exact) mass is 293 g/mol. The SMILES string of the molecule is CCO[Si](CCCNCC(=O)OC)(OCC)OCC. The van der Waals surface area contributed by atoms with Crippen molar-refractivity contribution in [1.29, 1.82) is 0 Å². The van der Waals surface area contributed by atoms with E-state index in [0.29, 0.717) is 26.4 Å². The molecule has 0 saturated carbocycles. The molecule has 0 aliphatic carbocycles. The van der Waals surface area contributed by atoms with E-state index in [2.05, 4.69) is 10.1 Å². The third-order valence-corrected chi connectivity index (χ3v) is 5.58. The van der Waals surface area contributed by atoms with E-state index in [9.17, 15) is 4.79 Å². The molecule has 0 unspecified atom stereocenters. The zero-order valence-corrected chi connectivity index (χ0v) is 13.5. The summed E-state index contributed by atoms with van der Waals surface area (Å²) in [6, 6.07) is 0.747. The lowest BCUT2D eigenvalue weighted by molar-refractivity contribution is -0.139. The van der Waals surface area contributed by atoms with Crippen LogP contribution in [0.5, 0.6) is 0 Å². The molecular formula is C12H27NO5Si. The Morgan fingerprint density at radius 3 is 2.00 bits per heavy atom. The van der Waals surface area contributed by atoms with Crippen LogP contribution in [0, 0.1) is 0 Å². The van der Waals surface area contributed by atoms with Crippen molar-refractivity contribution >= 4 is 14.8 Å². The number of hydrogen-bond donors (Lipinski definition) is 1. The van der Waals surface area contributed by atoms with Gasteiger partial charge in [-0.3, -0.25) is 4.79 Å². The lowest BCUT2D eigenvalue weighted by atomic mass is 10.5. The van der Waals surface area contributed by atoms with Crippen molar-refractivity contribution in [1.82, 2.24) is 5.32 Å². The molecule has 0 spiro atoms. The van der Waals surface area contributed by atoms with Crippen LogP contribution in [0.4, 0.5) is 0 Å². The number of esters is 1. The van der Waals surface area contributed by atoms with E-state index in [1.807, 2.05) is 20.8 Å². The maximum atomic E-state index is 10.9. The molecule has 114 valence electrons.